The predicted molar refractivity (Wildman–Crippen MR) is 65.1 cm³/mol. The lowest BCUT2D eigenvalue weighted by molar-refractivity contribution is 0.143. The minimum Gasteiger partial charge on any atom is -0.316 e. The summed E-state index contributed by atoms with van der Waals surface area (Å²) in [6, 6.07) is 0.907. The molecule has 0 amide bonds. The number of nitrogens with zero attached hydrogens (tertiary/aromatic N) is 1. The summed E-state index contributed by atoms with van der Waals surface area (Å²) in [6.07, 6.45) is 8.69. The van der Waals surface area contributed by atoms with Crippen LogP contribution in [-0.2, 0) is 0 Å². The van der Waals surface area contributed by atoms with Crippen LogP contribution in [-0.4, -0.2) is 37.1 Å². The molecular weight excluding hydrogens is 184 g/mol. The second-order valence-corrected chi connectivity index (χ2v) is 5.24. The van der Waals surface area contributed by atoms with E-state index in [0.29, 0.717) is 0 Å². The lowest BCUT2D eigenvalue weighted by Gasteiger charge is -2.35. The van der Waals surface area contributed by atoms with Crippen LogP contribution in [0.15, 0.2) is 0 Å². The average Bonchev–Trinajstić information content (AvgIpc) is 2.80. The van der Waals surface area contributed by atoms with Crippen LogP contribution in [0.3, 0.4) is 0 Å². The van der Waals surface area contributed by atoms with Gasteiger partial charge >= 0.3 is 0 Å². The molecule has 0 aromatic rings. The summed E-state index contributed by atoms with van der Waals surface area (Å²) in [5, 5.41) is 3.48. The highest BCUT2D eigenvalue weighted by Gasteiger charge is 2.23. The van der Waals surface area contributed by atoms with Crippen LogP contribution in [0.5, 0.6) is 0 Å². The molecule has 0 bridgehead atoms. The summed E-state index contributed by atoms with van der Waals surface area (Å²) >= 11 is 0. The van der Waals surface area contributed by atoms with Crippen LogP contribution in [0.1, 0.15) is 45.4 Å². The molecule has 2 heteroatoms. The van der Waals surface area contributed by atoms with Gasteiger partial charge in [0.1, 0.15) is 0 Å². The predicted octanol–water partition coefficient (Wildman–Crippen LogP) is 2.25. The van der Waals surface area contributed by atoms with E-state index in [1.807, 2.05) is 0 Å². The Morgan fingerprint density at radius 3 is 2.53 bits per heavy atom. The van der Waals surface area contributed by atoms with Gasteiger partial charge in [-0.25, -0.2) is 0 Å². The second-order valence-electron chi connectivity index (χ2n) is 5.24. The number of nitrogens with one attached hydrogen (secondary N) is 1. The van der Waals surface area contributed by atoms with Gasteiger partial charge in [-0.3, -0.25) is 0 Å². The van der Waals surface area contributed by atoms with Crippen LogP contribution >= 0.6 is 0 Å². The lowest BCUT2D eigenvalue weighted by Crippen LogP contribution is -2.40. The molecule has 1 atom stereocenters. The summed E-state index contributed by atoms with van der Waals surface area (Å²) in [5.41, 5.74) is 0. The summed E-state index contributed by atoms with van der Waals surface area (Å²) in [5.74, 6) is 0.923. The van der Waals surface area contributed by atoms with Gasteiger partial charge in [-0.05, 0) is 44.8 Å². The largest absolute Gasteiger partial charge is 0.316 e. The monoisotopic (exact) mass is 210 g/mol. The summed E-state index contributed by atoms with van der Waals surface area (Å²) < 4.78 is 0. The molecule has 88 valence electrons. The molecule has 0 aromatic carbocycles. The Morgan fingerprint density at radius 2 is 1.93 bits per heavy atom. The zero-order valence-electron chi connectivity index (χ0n) is 10.2. The third-order valence-electron chi connectivity index (χ3n) is 4.15. The Labute approximate surface area is 94.4 Å². The molecule has 1 unspecified atom stereocenters. The smallest absolute Gasteiger partial charge is 0.00952 e. The number of rotatable bonds is 4. The van der Waals surface area contributed by atoms with E-state index in [9.17, 15) is 0 Å². The fourth-order valence-corrected chi connectivity index (χ4v) is 3.18. The summed E-state index contributed by atoms with van der Waals surface area (Å²) in [4.78, 5) is 2.75. The van der Waals surface area contributed by atoms with Crippen molar-refractivity contribution < 1.29 is 0 Å². The number of hydrogen-bond acceptors (Lipinski definition) is 2. The van der Waals surface area contributed by atoms with E-state index < -0.39 is 0 Å². The molecule has 2 nitrogen and oxygen atoms in total. The molecule has 2 rings (SSSR count). The first-order chi connectivity index (χ1) is 7.40. The minimum atomic E-state index is 0.907. The van der Waals surface area contributed by atoms with Crippen molar-refractivity contribution in [3.8, 4) is 0 Å². The lowest BCUT2D eigenvalue weighted by atomic mass is 9.93. The molecule has 1 saturated carbocycles. The van der Waals surface area contributed by atoms with E-state index in [2.05, 4.69) is 17.1 Å². The van der Waals surface area contributed by atoms with E-state index >= 15 is 0 Å². The highest BCUT2D eigenvalue weighted by molar-refractivity contribution is 4.80. The molecule has 1 aliphatic heterocycles. The molecular formula is C13H26N2. The number of hydrogen-bond donors (Lipinski definition) is 1. The molecule has 2 fully saturated rings. The molecule has 0 aromatic heterocycles. The Hall–Kier alpha value is -0.0800. The molecule has 0 radical (unpaired) electrons. The van der Waals surface area contributed by atoms with E-state index in [-0.39, 0.29) is 0 Å². The summed E-state index contributed by atoms with van der Waals surface area (Å²) in [7, 11) is 0. The minimum absolute atomic E-state index is 0.907. The Kier molecular flexibility index (Phi) is 4.45. The first kappa shape index (κ1) is 11.4. The van der Waals surface area contributed by atoms with Crippen LogP contribution < -0.4 is 5.32 Å². The van der Waals surface area contributed by atoms with Crippen molar-refractivity contribution in [1.29, 1.82) is 0 Å². The van der Waals surface area contributed by atoms with Crippen molar-refractivity contribution in [2.24, 2.45) is 5.92 Å². The zero-order chi connectivity index (χ0) is 10.5. The third kappa shape index (κ3) is 3.18. The molecule has 1 saturated heterocycles. The van der Waals surface area contributed by atoms with Crippen LogP contribution in [0.2, 0.25) is 0 Å². The maximum absolute atomic E-state index is 3.48. The van der Waals surface area contributed by atoms with Crippen molar-refractivity contribution >= 4 is 0 Å². The van der Waals surface area contributed by atoms with E-state index in [1.165, 1.54) is 64.7 Å². The van der Waals surface area contributed by atoms with E-state index in [4.69, 9.17) is 0 Å². The van der Waals surface area contributed by atoms with Crippen molar-refractivity contribution in [2.45, 2.75) is 51.5 Å². The second kappa shape index (κ2) is 5.86. The highest BCUT2D eigenvalue weighted by Crippen LogP contribution is 2.24. The maximum atomic E-state index is 3.48. The fourth-order valence-electron chi connectivity index (χ4n) is 3.18. The molecule has 1 N–H and O–H groups in total. The van der Waals surface area contributed by atoms with Gasteiger partial charge in [0.2, 0.25) is 0 Å². The fraction of sp³-hybridized carbons (Fsp3) is 1.00. The zero-order valence-corrected chi connectivity index (χ0v) is 10.2. The van der Waals surface area contributed by atoms with E-state index in [1.54, 1.807) is 0 Å². The molecule has 1 heterocycles. The third-order valence-corrected chi connectivity index (χ3v) is 4.15. The van der Waals surface area contributed by atoms with Crippen molar-refractivity contribution in [1.82, 2.24) is 10.2 Å². The van der Waals surface area contributed by atoms with Gasteiger partial charge in [0.15, 0.2) is 0 Å². The standard InChI is InChI=1S/C13H26N2/c1-2-15(11-12-8-9-14-10-12)13-6-4-3-5-7-13/h12-14H,2-11H2,1H3. The van der Waals surface area contributed by atoms with E-state index in [0.717, 1.165) is 12.0 Å². The van der Waals surface area contributed by atoms with Crippen molar-refractivity contribution in [3.63, 3.8) is 0 Å². The van der Waals surface area contributed by atoms with Crippen molar-refractivity contribution in [2.75, 3.05) is 26.2 Å². The average molecular weight is 210 g/mol. The van der Waals surface area contributed by atoms with Crippen LogP contribution in [0.4, 0.5) is 0 Å². The first-order valence-electron chi connectivity index (χ1n) is 6.85. The Balaban J connectivity index is 1.79. The first-order valence-corrected chi connectivity index (χ1v) is 6.85. The van der Waals surface area contributed by atoms with Crippen LogP contribution in [0.25, 0.3) is 0 Å². The van der Waals surface area contributed by atoms with Gasteiger partial charge in [0.25, 0.3) is 0 Å². The normalized spacial score (nSPS) is 28.8. The van der Waals surface area contributed by atoms with Gasteiger partial charge in [0, 0.05) is 12.6 Å². The van der Waals surface area contributed by atoms with Gasteiger partial charge in [-0.1, -0.05) is 26.2 Å². The quantitative estimate of drug-likeness (QED) is 0.765. The molecule has 0 spiro atoms. The Morgan fingerprint density at radius 1 is 1.13 bits per heavy atom. The topological polar surface area (TPSA) is 15.3 Å². The SMILES string of the molecule is CCN(CC1CCNC1)C1CCCCC1. The molecule has 15 heavy (non-hydrogen) atoms. The van der Waals surface area contributed by atoms with Gasteiger partial charge in [-0.15, -0.1) is 0 Å². The summed E-state index contributed by atoms with van der Waals surface area (Å²) in [6.45, 7) is 7.42. The highest BCUT2D eigenvalue weighted by atomic mass is 15.2. The van der Waals surface area contributed by atoms with Gasteiger partial charge in [-0.2, -0.15) is 0 Å². The molecule has 1 aliphatic carbocycles. The van der Waals surface area contributed by atoms with Crippen LogP contribution in [0, 0.1) is 5.92 Å². The maximum Gasteiger partial charge on any atom is 0.00952 e. The Bertz CT molecular complexity index is 169. The van der Waals surface area contributed by atoms with Gasteiger partial charge < -0.3 is 10.2 Å². The molecule has 2 aliphatic rings. The van der Waals surface area contributed by atoms with Gasteiger partial charge in [0.05, 0.1) is 0 Å². The van der Waals surface area contributed by atoms with Crippen molar-refractivity contribution in [3.05, 3.63) is 0 Å².